The van der Waals surface area contributed by atoms with E-state index in [1.54, 1.807) is 12.1 Å². The van der Waals surface area contributed by atoms with E-state index in [2.05, 4.69) is 6.92 Å². The van der Waals surface area contributed by atoms with Crippen LogP contribution in [0, 0.1) is 0 Å². The second-order valence-corrected chi connectivity index (χ2v) is 7.44. The number of aryl methyl sites for hydroxylation is 1. The second kappa shape index (κ2) is 8.87. The highest BCUT2D eigenvalue weighted by Crippen LogP contribution is 2.33. The summed E-state index contributed by atoms with van der Waals surface area (Å²) in [5, 5.41) is 9.80. The van der Waals surface area contributed by atoms with Crippen LogP contribution >= 0.6 is 0 Å². The fourth-order valence-corrected chi connectivity index (χ4v) is 3.02. The van der Waals surface area contributed by atoms with Gasteiger partial charge in [0.1, 0.15) is 5.75 Å². The van der Waals surface area contributed by atoms with E-state index >= 15 is 0 Å². The van der Waals surface area contributed by atoms with Crippen LogP contribution in [0.1, 0.15) is 44.6 Å². The Morgan fingerprint density at radius 1 is 0.960 bits per heavy atom. The fraction of sp³-hybridized carbons (Fsp3) is 0.368. The van der Waals surface area contributed by atoms with Crippen molar-refractivity contribution in [3.05, 3.63) is 48.0 Å². The molecule has 0 atom stereocenters. The number of hydrogen-bond acceptors (Lipinski definition) is 4. The van der Waals surface area contributed by atoms with E-state index in [1.807, 2.05) is 12.1 Å². The van der Waals surface area contributed by atoms with Crippen molar-refractivity contribution in [1.29, 1.82) is 0 Å². The van der Waals surface area contributed by atoms with Crippen molar-refractivity contribution in [2.24, 2.45) is 0 Å². The number of unbranched alkanes of at least 4 members (excludes halogenated alkanes) is 4. The van der Waals surface area contributed by atoms with Crippen LogP contribution in [-0.4, -0.2) is 18.1 Å². The first-order chi connectivity index (χ1) is 11.9. The van der Waals surface area contributed by atoms with Crippen LogP contribution in [0.5, 0.6) is 17.2 Å². The summed E-state index contributed by atoms with van der Waals surface area (Å²) in [5.74, 6) is 0.257. The van der Waals surface area contributed by atoms with Crippen LogP contribution < -0.4 is 4.74 Å². The number of benzene rings is 2. The monoisotopic (exact) mass is 364 g/mol. The summed E-state index contributed by atoms with van der Waals surface area (Å²) in [6.45, 7) is 2.20. The van der Waals surface area contributed by atoms with E-state index in [-0.39, 0.29) is 16.4 Å². The first kappa shape index (κ1) is 19.3. The molecule has 6 heteroatoms. The highest BCUT2D eigenvalue weighted by atomic mass is 32.2. The molecule has 0 aliphatic rings. The highest BCUT2D eigenvalue weighted by molar-refractivity contribution is 7.85. The normalized spacial score (nSPS) is 11.4. The standard InChI is InChI=1S/C19H24O5S/c1-2-3-4-5-6-7-15-8-10-16(11-9-15)24-19-14-17(25(21,22)23)12-13-18(19)20/h8-14,20H,2-7H2,1H3,(H,21,22,23). The maximum absolute atomic E-state index is 11.2. The number of rotatable bonds is 9. The Bertz CT molecular complexity index is 782. The predicted octanol–water partition coefficient (Wildman–Crippen LogP) is 4.94. The minimum Gasteiger partial charge on any atom is -0.504 e. The van der Waals surface area contributed by atoms with Crippen molar-refractivity contribution in [2.75, 3.05) is 0 Å². The number of phenols is 1. The molecule has 0 aliphatic carbocycles. The molecule has 0 fully saturated rings. The zero-order chi connectivity index (χ0) is 18.3. The van der Waals surface area contributed by atoms with E-state index < -0.39 is 10.1 Å². The summed E-state index contributed by atoms with van der Waals surface area (Å²) < 4.78 is 37.0. The van der Waals surface area contributed by atoms with Crippen LogP contribution in [0.2, 0.25) is 0 Å². The minimum absolute atomic E-state index is 0.0255. The van der Waals surface area contributed by atoms with Gasteiger partial charge in [-0.15, -0.1) is 0 Å². The van der Waals surface area contributed by atoms with Crippen molar-refractivity contribution < 1.29 is 22.8 Å². The Kier molecular flexibility index (Phi) is 6.84. The summed E-state index contributed by atoms with van der Waals surface area (Å²) in [6.07, 6.45) is 7.16. The zero-order valence-corrected chi connectivity index (χ0v) is 15.1. The highest BCUT2D eigenvalue weighted by Gasteiger charge is 2.14. The summed E-state index contributed by atoms with van der Waals surface area (Å²) in [6, 6.07) is 10.8. The molecule has 0 aliphatic heterocycles. The van der Waals surface area contributed by atoms with Crippen molar-refractivity contribution in [2.45, 2.75) is 50.3 Å². The summed E-state index contributed by atoms with van der Waals surface area (Å²) in [4.78, 5) is -0.330. The van der Waals surface area contributed by atoms with E-state index in [0.29, 0.717) is 5.75 Å². The first-order valence-electron chi connectivity index (χ1n) is 8.47. The minimum atomic E-state index is -4.35. The molecule has 0 saturated carbocycles. The van der Waals surface area contributed by atoms with Crippen molar-refractivity contribution in [3.8, 4) is 17.2 Å². The Hall–Kier alpha value is -2.05. The number of aromatic hydroxyl groups is 1. The molecule has 2 aromatic rings. The topological polar surface area (TPSA) is 83.8 Å². The zero-order valence-electron chi connectivity index (χ0n) is 14.3. The third kappa shape index (κ3) is 6.07. The van der Waals surface area contributed by atoms with Gasteiger partial charge >= 0.3 is 0 Å². The lowest BCUT2D eigenvalue weighted by Gasteiger charge is -2.09. The van der Waals surface area contributed by atoms with Gasteiger partial charge in [0, 0.05) is 6.07 Å². The van der Waals surface area contributed by atoms with E-state index in [4.69, 9.17) is 9.29 Å². The molecule has 136 valence electrons. The van der Waals surface area contributed by atoms with Gasteiger partial charge in [-0.1, -0.05) is 44.7 Å². The molecule has 0 bridgehead atoms. The molecule has 2 aromatic carbocycles. The van der Waals surface area contributed by atoms with Crippen LogP contribution in [0.3, 0.4) is 0 Å². The van der Waals surface area contributed by atoms with Crippen LogP contribution in [-0.2, 0) is 16.5 Å². The predicted molar refractivity (Wildman–Crippen MR) is 96.9 cm³/mol. The first-order valence-corrected chi connectivity index (χ1v) is 9.91. The van der Waals surface area contributed by atoms with Gasteiger partial charge in [0.05, 0.1) is 4.90 Å². The molecule has 2 N–H and O–H groups in total. The number of phenolic OH excluding ortho intramolecular Hbond substituents is 1. The largest absolute Gasteiger partial charge is 0.504 e. The van der Waals surface area contributed by atoms with Crippen LogP contribution in [0.4, 0.5) is 0 Å². The third-order valence-electron chi connectivity index (χ3n) is 3.95. The molecule has 0 aromatic heterocycles. The van der Waals surface area contributed by atoms with E-state index in [0.717, 1.165) is 25.0 Å². The van der Waals surface area contributed by atoms with E-state index in [1.165, 1.54) is 37.3 Å². The van der Waals surface area contributed by atoms with Gasteiger partial charge in [-0.05, 0) is 42.7 Å². The van der Waals surface area contributed by atoms with Gasteiger partial charge in [0.15, 0.2) is 11.5 Å². The Morgan fingerprint density at radius 3 is 2.28 bits per heavy atom. The van der Waals surface area contributed by atoms with Gasteiger partial charge < -0.3 is 9.84 Å². The third-order valence-corrected chi connectivity index (χ3v) is 4.80. The van der Waals surface area contributed by atoms with Gasteiger partial charge in [0.2, 0.25) is 0 Å². The Morgan fingerprint density at radius 2 is 1.64 bits per heavy atom. The molecular weight excluding hydrogens is 340 g/mol. The maximum atomic E-state index is 11.2. The summed E-state index contributed by atoms with van der Waals surface area (Å²) in [5.41, 5.74) is 1.21. The molecular formula is C19H24O5S. The van der Waals surface area contributed by atoms with Gasteiger partial charge in [-0.2, -0.15) is 8.42 Å². The maximum Gasteiger partial charge on any atom is 0.294 e. The number of hydrogen-bond donors (Lipinski definition) is 2. The molecule has 5 nitrogen and oxygen atoms in total. The molecule has 25 heavy (non-hydrogen) atoms. The van der Waals surface area contributed by atoms with Gasteiger partial charge in [-0.25, -0.2) is 0 Å². The van der Waals surface area contributed by atoms with Crippen LogP contribution in [0.15, 0.2) is 47.4 Å². The van der Waals surface area contributed by atoms with Crippen molar-refractivity contribution in [3.63, 3.8) is 0 Å². The summed E-state index contributed by atoms with van der Waals surface area (Å²) >= 11 is 0. The van der Waals surface area contributed by atoms with Crippen molar-refractivity contribution in [1.82, 2.24) is 0 Å². The molecule has 0 saturated heterocycles. The second-order valence-electron chi connectivity index (χ2n) is 6.01. The number of ether oxygens (including phenoxy) is 1. The molecule has 2 rings (SSSR count). The SMILES string of the molecule is CCCCCCCc1ccc(Oc2cc(S(=O)(=O)O)ccc2O)cc1. The average Bonchev–Trinajstić information content (AvgIpc) is 2.57. The molecule has 0 spiro atoms. The Labute approximate surface area is 149 Å². The lowest BCUT2D eigenvalue weighted by molar-refractivity contribution is 0.409. The van der Waals surface area contributed by atoms with Crippen molar-refractivity contribution >= 4 is 10.1 Å². The molecule has 0 heterocycles. The fourth-order valence-electron chi connectivity index (χ4n) is 2.52. The average molecular weight is 364 g/mol. The van der Waals surface area contributed by atoms with Gasteiger partial charge in [0.25, 0.3) is 10.1 Å². The molecule has 0 unspecified atom stereocenters. The lowest BCUT2D eigenvalue weighted by atomic mass is 10.1. The quantitative estimate of drug-likeness (QED) is 0.486. The Balaban J connectivity index is 1.99. The lowest BCUT2D eigenvalue weighted by Crippen LogP contribution is -1.98. The molecule has 0 radical (unpaired) electrons. The van der Waals surface area contributed by atoms with E-state index in [9.17, 15) is 13.5 Å². The smallest absolute Gasteiger partial charge is 0.294 e. The molecule has 0 amide bonds. The van der Waals surface area contributed by atoms with Crippen LogP contribution in [0.25, 0.3) is 0 Å². The summed E-state index contributed by atoms with van der Waals surface area (Å²) in [7, 11) is -4.35. The van der Waals surface area contributed by atoms with Gasteiger partial charge in [-0.3, -0.25) is 4.55 Å².